The van der Waals surface area contributed by atoms with Crippen molar-refractivity contribution in [3.05, 3.63) is 54.4 Å². The van der Waals surface area contributed by atoms with Crippen molar-refractivity contribution >= 4 is 11.6 Å². The van der Waals surface area contributed by atoms with Crippen LogP contribution in [0.4, 0.5) is 5.69 Å². The molecule has 0 spiro atoms. The van der Waals surface area contributed by atoms with Gasteiger partial charge in [-0.2, -0.15) is 4.98 Å². The normalized spacial score (nSPS) is 16.4. The first-order valence-corrected chi connectivity index (χ1v) is 9.19. The summed E-state index contributed by atoms with van der Waals surface area (Å²) in [5.41, 5.74) is 1.65. The van der Waals surface area contributed by atoms with E-state index in [0.717, 1.165) is 22.7 Å². The molecule has 3 aromatic rings. The lowest BCUT2D eigenvalue weighted by molar-refractivity contribution is -0.117. The third-order valence-electron chi connectivity index (χ3n) is 4.73. The fourth-order valence-corrected chi connectivity index (χ4v) is 3.27. The minimum absolute atomic E-state index is 0.0463. The summed E-state index contributed by atoms with van der Waals surface area (Å²) in [6.07, 6.45) is 0.356. The highest BCUT2D eigenvalue weighted by atomic mass is 16.5. The molecule has 1 amide bonds. The number of carbonyl (C=O) groups excluding carboxylic acids is 1. The Balaban J connectivity index is 1.48. The Morgan fingerprint density at radius 3 is 2.50 bits per heavy atom. The molecule has 0 N–H and O–H groups in total. The van der Waals surface area contributed by atoms with Gasteiger partial charge in [-0.3, -0.25) is 4.79 Å². The summed E-state index contributed by atoms with van der Waals surface area (Å²) in [4.78, 5) is 18.8. The number of rotatable bonds is 6. The van der Waals surface area contributed by atoms with Gasteiger partial charge in [-0.15, -0.1) is 0 Å². The molecule has 1 unspecified atom stereocenters. The summed E-state index contributed by atoms with van der Waals surface area (Å²) < 4.78 is 16.0. The monoisotopic (exact) mass is 379 g/mol. The highest BCUT2D eigenvalue weighted by Gasteiger charge is 2.34. The number of ether oxygens (including phenoxy) is 2. The van der Waals surface area contributed by atoms with Crippen LogP contribution in [0.3, 0.4) is 0 Å². The smallest absolute Gasteiger partial charge is 0.257 e. The van der Waals surface area contributed by atoms with Gasteiger partial charge in [0.1, 0.15) is 11.5 Å². The van der Waals surface area contributed by atoms with E-state index in [-0.39, 0.29) is 11.8 Å². The van der Waals surface area contributed by atoms with E-state index >= 15 is 0 Å². The van der Waals surface area contributed by atoms with Crippen molar-refractivity contribution < 1.29 is 18.8 Å². The van der Waals surface area contributed by atoms with Crippen LogP contribution in [-0.4, -0.2) is 36.3 Å². The molecular weight excluding hydrogens is 358 g/mol. The van der Waals surface area contributed by atoms with Crippen molar-refractivity contribution in [2.75, 3.05) is 25.2 Å². The molecule has 0 bridgehead atoms. The zero-order chi connectivity index (χ0) is 19.5. The Kier molecular flexibility index (Phi) is 4.97. The molecule has 2 heterocycles. The Morgan fingerprint density at radius 1 is 1.11 bits per heavy atom. The van der Waals surface area contributed by atoms with Crippen LogP contribution in [0.25, 0.3) is 11.5 Å². The Morgan fingerprint density at radius 2 is 1.82 bits per heavy atom. The molecule has 7 nitrogen and oxygen atoms in total. The van der Waals surface area contributed by atoms with Crippen molar-refractivity contribution in [1.82, 2.24) is 10.1 Å². The molecule has 0 saturated carbocycles. The maximum Gasteiger partial charge on any atom is 0.257 e. The van der Waals surface area contributed by atoms with Gasteiger partial charge < -0.3 is 18.9 Å². The predicted molar refractivity (Wildman–Crippen MR) is 104 cm³/mol. The maximum atomic E-state index is 12.5. The largest absolute Gasteiger partial charge is 0.497 e. The fourth-order valence-electron chi connectivity index (χ4n) is 3.27. The Hall–Kier alpha value is -3.35. The zero-order valence-corrected chi connectivity index (χ0v) is 15.8. The van der Waals surface area contributed by atoms with Crippen LogP contribution in [0.1, 0.15) is 25.1 Å². The van der Waals surface area contributed by atoms with Crippen LogP contribution in [0.2, 0.25) is 0 Å². The van der Waals surface area contributed by atoms with Crippen molar-refractivity contribution in [3.8, 4) is 23.0 Å². The standard InChI is InChI=1S/C21H21N3O4/c1-3-27-18-10-6-16(7-11-18)24-13-15(12-19(24)25)20-22-21(28-23-20)14-4-8-17(26-2)9-5-14/h4-11,15H,3,12-13H2,1-2H3. The summed E-state index contributed by atoms with van der Waals surface area (Å²) in [6.45, 7) is 3.07. The van der Waals surface area contributed by atoms with Crippen LogP contribution in [0.15, 0.2) is 53.1 Å². The minimum atomic E-state index is -0.102. The lowest BCUT2D eigenvalue weighted by Crippen LogP contribution is -2.24. The topological polar surface area (TPSA) is 77.7 Å². The number of aromatic nitrogens is 2. The number of benzene rings is 2. The van der Waals surface area contributed by atoms with E-state index in [1.54, 1.807) is 12.0 Å². The van der Waals surface area contributed by atoms with Gasteiger partial charge in [-0.1, -0.05) is 5.16 Å². The summed E-state index contributed by atoms with van der Waals surface area (Å²) in [5.74, 6) is 2.48. The summed E-state index contributed by atoms with van der Waals surface area (Å²) in [5, 5.41) is 4.10. The average Bonchev–Trinajstić information content (AvgIpc) is 3.36. The molecule has 1 fully saturated rings. The van der Waals surface area contributed by atoms with Crippen LogP contribution in [0, 0.1) is 0 Å². The van der Waals surface area contributed by atoms with Crippen molar-refractivity contribution in [1.29, 1.82) is 0 Å². The van der Waals surface area contributed by atoms with Gasteiger partial charge in [-0.05, 0) is 55.5 Å². The number of hydrogen-bond donors (Lipinski definition) is 0. The van der Waals surface area contributed by atoms with E-state index in [4.69, 9.17) is 14.0 Å². The summed E-state index contributed by atoms with van der Waals surface area (Å²) in [6, 6.07) is 14.9. The zero-order valence-electron chi connectivity index (χ0n) is 15.8. The molecule has 2 aromatic carbocycles. The first kappa shape index (κ1) is 18.0. The molecule has 7 heteroatoms. The molecular formula is C21H21N3O4. The van der Waals surface area contributed by atoms with Gasteiger partial charge >= 0.3 is 0 Å². The Labute approximate surface area is 162 Å². The predicted octanol–water partition coefficient (Wildman–Crippen LogP) is 3.66. The van der Waals surface area contributed by atoms with Crippen LogP contribution in [0.5, 0.6) is 11.5 Å². The number of anilines is 1. The Bertz CT molecular complexity index is 951. The molecule has 1 aromatic heterocycles. The third-order valence-corrected chi connectivity index (χ3v) is 4.73. The lowest BCUT2D eigenvalue weighted by atomic mass is 10.1. The number of methoxy groups -OCH3 is 1. The van der Waals surface area contributed by atoms with Gasteiger partial charge in [0, 0.05) is 30.1 Å². The van der Waals surface area contributed by atoms with Gasteiger partial charge in [0.25, 0.3) is 5.89 Å². The second-order valence-corrected chi connectivity index (χ2v) is 6.52. The average molecular weight is 379 g/mol. The minimum Gasteiger partial charge on any atom is -0.497 e. The van der Waals surface area contributed by atoms with Crippen LogP contribution in [-0.2, 0) is 4.79 Å². The van der Waals surface area contributed by atoms with Crippen molar-refractivity contribution in [3.63, 3.8) is 0 Å². The van der Waals surface area contributed by atoms with Gasteiger partial charge in [0.05, 0.1) is 13.7 Å². The number of amides is 1. The molecule has 1 atom stereocenters. The molecule has 28 heavy (non-hydrogen) atoms. The van der Waals surface area contributed by atoms with Crippen LogP contribution >= 0.6 is 0 Å². The van der Waals surface area contributed by atoms with E-state index in [2.05, 4.69) is 10.1 Å². The number of hydrogen-bond acceptors (Lipinski definition) is 6. The fraction of sp³-hybridized carbons (Fsp3) is 0.286. The van der Waals surface area contributed by atoms with E-state index in [0.29, 0.717) is 31.3 Å². The molecule has 0 radical (unpaired) electrons. The summed E-state index contributed by atoms with van der Waals surface area (Å²) >= 11 is 0. The third kappa shape index (κ3) is 3.55. The first-order valence-electron chi connectivity index (χ1n) is 9.19. The van der Waals surface area contributed by atoms with E-state index in [1.807, 2.05) is 55.5 Å². The van der Waals surface area contributed by atoms with E-state index in [9.17, 15) is 4.79 Å². The van der Waals surface area contributed by atoms with E-state index < -0.39 is 0 Å². The first-order chi connectivity index (χ1) is 13.7. The highest BCUT2D eigenvalue weighted by molar-refractivity contribution is 5.96. The van der Waals surface area contributed by atoms with Gasteiger partial charge in [-0.25, -0.2) is 0 Å². The highest BCUT2D eigenvalue weighted by Crippen LogP contribution is 2.32. The lowest BCUT2D eigenvalue weighted by Gasteiger charge is -2.16. The second-order valence-electron chi connectivity index (χ2n) is 6.52. The van der Waals surface area contributed by atoms with Crippen molar-refractivity contribution in [2.45, 2.75) is 19.3 Å². The molecule has 1 saturated heterocycles. The van der Waals surface area contributed by atoms with Crippen molar-refractivity contribution in [2.24, 2.45) is 0 Å². The molecule has 1 aliphatic rings. The molecule has 144 valence electrons. The molecule has 4 rings (SSSR count). The van der Waals surface area contributed by atoms with Gasteiger partial charge in [0.15, 0.2) is 5.82 Å². The molecule has 0 aliphatic carbocycles. The quantitative estimate of drug-likeness (QED) is 0.650. The van der Waals surface area contributed by atoms with Gasteiger partial charge in [0.2, 0.25) is 5.91 Å². The SMILES string of the molecule is CCOc1ccc(N2CC(c3noc(-c4ccc(OC)cc4)n3)CC2=O)cc1. The number of nitrogens with zero attached hydrogens (tertiary/aromatic N) is 3. The van der Waals surface area contributed by atoms with Crippen LogP contribution < -0.4 is 14.4 Å². The number of carbonyl (C=O) groups is 1. The summed E-state index contributed by atoms with van der Waals surface area (Å²) in [7, 11) is 1.62. The second kappa shape index (κ2) is 7.72. The molecule has 1 aliphatic heterocycles. The maximum absolute atomic E-state index is 12.5. The van der Waals surface area contributed by atoms with E-state index in [1.165, 1.54) is 0 Å².